The topological polar surface area (TPSA) is 92.0 Å². The molecular weight excluding hydrogens is 449 g/mol. The second-order valence-corrected chi connectivity index (χ2v) is 7.10. The quantitative estimate of drug-likeness (QED) is 0.392. The number of aliphatic imine (C=N–C) groups is 1. The summed E-state index contributed by atoms with van der Waals surface area (Å²) in [6, 6.07) is 1.93. The van der Waals surface area contributed by atoms with Crippen molar-refractivity contribution in [3.8, 4) is 0 Å². The summed E-state index contributed by atoms with van der Waals surface area (Å²) in [4.78, 5) is 18.5. The lowest BCUT2D eigenvalue weighted by Crippen LogP contribution is -2.53. The SMILES string of the molecule is CCNC(=NCc1ccon1)NC1CCCN(C(=O)OC(C)(C)C)C1.I. The molecule has 2 heterocycles. The predicted molar refractivity (Wildman–Crippen MR) is 111 cm³/mol. The van der Waals surface area contributed by atoms with E-state index in [-0.39, 0.29) is 36.1 Å². The second-order valence-electron chi connectivity index (χ2n) is 7.10. The van der Waals surface area contributed by atoms with Crippen LogP contribution in [0, 0.1) is 0 Å². The Balaban J connectivity index is 0.00000338. The molecule has 1 aromatic heterocycles. The number of piperidine rings is 1. The third kappa shape index (κ3) is 7.79. The number of halogens is 1. The molecule has 1 atom stereocenters. The summed E-state index contributed by atoms with van der Waals surface area (Å²) in [6.45, 7) is 10.2. The molecule has 8 nitrogen and oxygen atoms in total. The van der Waals surface area contributed by atoms with Crippen LogP contribution < -0.4 is 10.6 Å². The van der Waals surface area contributed by atoms with Crippen LogP contribution in [-0.4, -0.2) is 53.4 Å². The number of carbonyl (C=O) groups excluding carboxylic acids is 1. The van der Waals surface area contributed by atoms with Crippen LogP contribution in [0.2, 0.25) is 0 Å². The molecule has 1 saturated heterocycles. The van der Waals surface area contributed by atoms with E-state index in [9.17, 15) is 4.79 Å². The minimum absolute atomic E-state index is 0. The first-order valence-corrected chi connectivity index (χ1v) is 8.79. The number of carbonyl (C=O) groups is 1. The van der Waals surface area contributed by atoms with E-state index in [1.807, 2.05) is 27.7 Å². The second kappa shape index (κ2) is 10.6. The number of likely N-dealkylation sites (tertiary alicyclic amines) is 1. The van der Waals surface area contributed by atoms with E-state index in [0.29, 0.717) is 19.0 Å². The molecule has 9 heteroatoms. The van der Waals surface area contributed by atoms with Gasteiger partial charge in [-0.15, -0.1) is 24.0 Å². The monoisotopic (exact) mass is 479 g/mol. The zero-order valence-electron chi connectivity index (χ0n) is 15.9. The van der Waals surface area contributed by atoms with Crippen molar-refractivity contribution in [2.24, 2.45) is 4.99 Å². The number of hydrogen-bond donors (Lipinski definition) is 2. The lowest BCUT2D eigenvalue weighted by atomic mass is 10.1. The highest BCUT2D eigenvalue weighted by Crippen LogP contribution is 2.15. The van der Waals surface area contributed by atoms with Gasteiger partial charge in [-0.25, -0.2) is 9.79 Å². The van der Waals surface area contributed by atoms with Gasteiger partial charge in [-0.05, 0) is 40.5 Å². The minimum Gasteiger partial charge on any atom is -0.444 e. The Morgan fingerprint density at radius 3 is 2.88 bits per heavy atom. The fourth-order valence-electron chi connectivity index (χ4n) is 2.58. The molecule has 1 aliphatic heterocycles. The van der Waals surface area contributed by atoms with E-state index in [4.69, 9.17) is 9.26 Å². The van der Waals surface area contributed by atoms with E-state index in [1.165, 1.54) is 6.26 Å². The van der Waals surface area contributed by atoms with Gasteiger partial charge in [0.15, 0.2) is 5.96 Å². The van der Waals surface area contributed by atoms with Crippen LogP contribution in [0.1, 0.15) is 46.2 Å². The number of nitrogens with zero attached hydrogens (tertiary/aromatic N) is 3. The van der Waals surface area contributed by atoms with Crippen LogP contribution in [0.5, 0.6) is 0 Å². The summed E-state index contributed by atoms with van der Waals surface area (Å²) in [7, 11) is 0. The molecular formula is C17H30IN5O3. The fourth-order valence-corrected chi connectivity index (χ4v) is 2.58. The molecule has 0 aliphatic carbocycles. The normalized spacial score (nSPS) is 18.1. The van der Waals surface area contributed by atoms with Gasteiger partial charge in [0.2, 0.25) is 0 Å². The lowest BCUT2D eigenvalue weighted by molar-refractivity contribution is 0.0193. The number of hydrogen-bond acceptors (Lipinski definition) is 5. The highest BCUT2D eigenvalue weighted by molar-refractivity contribution is 14.0. The Hall–Kier alpha value is -1.52. The number of amides is 1. The van der Waals surface area contributed by atoms with Crippen LogP contribution >= 0.6 is 24.0 Å². The maximum absolute atomic E-state index is 12.3. The van der Waals surface area contributed by atoms with Crippen molar-refractivity contribution in [2.45, 2.75) is 58.7 Å². The molecule has 26 heavy (non-hydrogen) atoms. The third-order valence-corrected chi connectivity index (χ3v) is 3.65. The van der Waals surface area contributed by atoms with Crippen molar-refractivity contribution in [2.75, 3.05) is 19.6 Å². The number of aromatic nitrogens is 1. The molecule has 0 saturated carbocycles. The van der Waals surface area contributed by atoms with E-state index in [2.05, 4.69) is 20.8 Å². The molecule has 0 radical (unpaired) electrons. The first-order valence-electron chi connectivity index (χ1n) is 8.79. The average molecular weight is 479 g/mol. The van der Waals surface area contributed by atoms with Gasteiger partial charge in [0.1, 0.15) is 17.6 Å². The van der Waals surface area contributed by atoms with Crippen LogP contribution in [0.4, 0.5) is 4.79 Å². The summed E-state index contributed by atoms with van der Waals surface area (Å²) in [5.41, 5.74) is 0.294. The van der Waals surface area contributed by atoms with Crippen LogP contribution in [-0.2, 0) is 11.3 Å². The summed E-state index contributed by atoms with van der Waals surface area (Å²) in [6.07, 6.45) is 3.18. The number of guanidine groups is 1. The highest BCUT2D eigenvalue weighted by Gasteiger charge is 2.28. The molecule has 2 N–H and O–H groups in total. The van der Waals surface area contributed by atoms with Gasteiger partial charge >= 0.3 is 6.09 Å². The summed E-state index contributed by atoms with van der Waals surface area (Å²) in [5, 5.41) is 10.5. The molecule has 1 unspecified atom stereocenters. The Labute approximate surface area is 172 Å². The third-order valence-electron chi connectivity index (χ3n) is 3.65. The Morgan fingerprint density at radius 1 is 1.50 bits per heavy atom. The van der Waals surface area contributed by atoms with Gasteiger partial charge in [0.25, 0.3) is 0 Å². The molecule has 2 rings (SSSR count). The van der Waals surface area contributed by atoms with Crippen molar-refractivity contribution < 1.29 is 14.1 Å². The molecule has 1 aliphatic rings. The van der Waals surface area contributed by atoms with Crippen LogP contribution in [0.15, 0.2) is 21.8 Å². The minimum atomic E-state index is -0.481. The molecule has 1 fully saturated rings. The van der Waals surface area contributed by atoms with Gasteiger partial charge in [-0.2, -0.15) is 0 Å². The molecule has 0 spiro atoms. The maximum atomic E-state index is 12.3. The first-order chi connectivity index (χ1) is 11.9. The van der Waals surface area contributed by atoms with Crippen molar-refractivity contribution in [3.63, 3.8) is 0 Å². The molecule has 0 bridgehead atoms. The van der Waals surface area contributed by atoms with Gasteiger partial charge < -0.3 is 24.8 Å². The highest BCUT2D eigenvalue weighted by atomic mass is 127. The van der Waals surface area contributed by atoms with E-state index >= 15 is 0 Å². The van der Waals surface area contributed by atoms with Crippen molar-refractivity contribution in [1.29, 1.82) is 0 Å². The smallest absolute Gasteiger partial charge is 0.410 e. The summed E-state index contributed by atoms with van der Waals surface area (Å²) in [5.74, 6) is 0.710. The Kier molecular flexibility index (Phi) is 9.17. The van der Waals surface area contributed by atoms with E-state index < -0.39 is 5.60 Å². The van der Waals surface area contributed by atoms with Crippen LogP contribution in [0.3, 0.4) is 0 Å². The summed E-state index contributed by atoms with van der Waals surface area (Å²) >= 11 is 0. The Morgan fingerprint density at radius 2 is 2.27 bits per heavy atom. The lowest BCUT2D eigenvalue weighted by Gasteiger charge is -2.35. The fraction of sp³-hybridized carbons (Fsp3) is 0.706. The van der Waals surface area contributed by atoms with Gasteiger partial charge in [-0.3, -0.25) is 0 Å². The molecule has 1 aromatic rings. The Bertz CT molecular complexity index is 571. The standard InChI is InChI=1S/C17H29N5O3.HI/c1-5-18-15(19-11-13-8-10-24-21-13)20-14-7-6-9-22(12-14)16(23)25-17(2,3)4;/h8,10,14H,5-7,9,11-12H2,1-4H3,(H2,18,19,20);1H. The first kappa shape index (κ1) is 22.5. The zero-order valence-corrected chi connectivity index (χ0v) is 18.3. The van der Waals surface area contributed by atoms with Gasteiger partial charge in [0, 0.05) is 31.7 Å². The van der Waals surface area contributed by atoms with Gasteiger partial charge in [-0.1, -0.05) is 5.16 Å². The molecule has 0 aromatic carbocycles. The molecule has 148 valence electrons. The number of nitrogens with one attached hydrogen (secondary N) is 2. The zero-order chi connectivity index (χ0) is 18.3. The molecule has 1 amide bonds. The predicted octanol–water partition coefficient (Wildman–Crippen LogP) is 2.75. The number of rotatable bonds is 4. The van der Waals surface area contributed by atoms with Crippen molar-refractivity contribution >= 4 is 36.0 Å². The van der Waals surface area contributed by atoms with E-state index in [0.717, 1.165) is 31.6 Å². The maximum Gasteiger partial charge on any atom is 0.410 e. The van der Waals surface area contributed by atoms with Crippen molar-refractivity contribution in [3.05, 3.63) is 18.0 Å². The van der Waals surface area contributed by atoms with E-state index in [1.54, 1.807) is 11.0 Å². The number of ether oxygens (including phenoxy) is 1. The largest absolute Gasteiger partial charge is 0.444 e. The average Bonchev–Trinajstić information content (AvgIpc) is 3.05. The summed E-state index contributed by atoms with van der Waals surface area (Å²) < 4.78 is 10.3. The van der Waals surface area contributed by atoms with Crippen molar-refractivity contribution in [1.82, 2.24) is 20.7 Å². The van der Waals surface area contributed by atoms with Gasteiger partial charge in [0.05, 0.1) is 6.54 Å². The van der Waals surface area contributed by atoms with Crippen LogP contribution in [0.25, 0.3) is 0 Å².